The molecule has 110 valence electrons. The van der Waals surface area contributed by atoms with E-state index in [1.165, 1.54) is 0 Å². The second kappa shape index (κ2) is 4.73. The van der Waals surface area contributed by atoms with Crippen molar-refractivity contribution in [3.8, 4) is 22.9 Å². The van der Waals surface area contributed by atoms with Crippen LogP contribution in [0, 0.1) is 0 Å². The Morgan fingerprint density at radius 1 is 1.23 bits per heavy atom. The zero-order chi connectivity index (χ0) is 15.1. The van der Waals surface area contributed by atoms with Crippen LogP contribution in [0.15, 0.2) is 36.7 Å². The second-order valence-electron chi connectivity index (χ2n) is 4.85. The summed E-state index contributed by atoms with van der Waals surface area (Å²) in [6.45, 7) is -0.0219. The van der Waals surface area contributed by atoms with Crippen molar-refractivity contribution in [1.82, 2.24) is 14.5 Å². The van der Waals surface area contributed by atoms with Gasteiger partial charge in [-0.3, -0.25) is 9.78 Å². The molecule has 0 saturated heterocycles. The number of pyridine rings is 1. The maximum Gasteiger partial charge on any atom is 0.323 e. The lowest BCUT2D eigenvalue weighted by molar-refractivity contribution is -0.137. The molecule has 0 atom stereocenters. The van der Waals surface area contributed by atoms with Gasteiger partial charge in [0, 0.05) is 30.1 Å². The summed E-state index contributed by atoms with van der Waals surface area (Å²) < 4.78 is 12.4. The Morgan fingerprint density at radius 3 is 2.68 bits per heavy atom. The van der Waals surface area contributed by atoms with Gasteiger partial charge < -0.3 is 19.1 Å². The molecule has 7 nitrogen and oxygen atoms in total. The Bertz CT molecular complexity index is 873. The molecule has 0 bridgehead atoms. The summed E-state index contributed by atoms with van der Waals surface area (Å²) >= 11 is 0. The van der Waals surface area contributed by atoms with E-state index in [0.717, 1.165) is 5.56 Å². The molecule has 0 unspecified atom stereocenters. The van der Waals surface area contributed by atoms with Gasteiger partial charge in [0.25, 0.3) is 0 Å². The first kappa shape index (κ1) is 12.6. The number of aliphatic carboxylic acids is 1. The lowest BCUT2D eigenvalue weighted by Crippen LogP contribution is -2.10. The third-order valence-corrected chi connectivity index (χ3v) is 3.47. The predicted molar refractivity (Wildman–Crippen MR) is 76.7 cm³/mol. The number of rotatable bonds is 3. The fourth-order valence-electron chi connectivity index (χ4n) is 2.53. The first-order valence-corrected chi connectivity index (χ1v) is 6.64. The van der Waals surface area contributed by atoms with Crippen molar-refractivity contribution in [2.24, 2.45) is 0 Å². The Kier molecular flexibility index (Phi) is 2.72. The SMILES string of the molecule is O=C(O)Cn1c(-c2ccncc2)nc2cc3c(cc21)OCO3. The number of aromatic nitrogens is 3. The van der Waals surface area contributed by atoms with Gasteiger partial charge in [-0.15, -0.1) is 0 Å². The molecule has 0 amide bonds. The molecule has 2 aromatic heterocycles. The minimum absolute atomic E-state index is 0.165. The van der Waals surface area contributed by atoms with Crippen LogP contribution in [0.4, 0.5) is 0 Å². The first-order valence-electron chi connectivity index (χ1n) is 6.64. The molecule has 1 aliphatic heterocycles. The highest BCUT2D eigenvalue weighted by Gasteiger charge is 2.20. The van der Waals surface area contributed by atoms with Gasteiger partial charge in [0.2, 0.25) is 6.79 Å². The molecule has 3 aromatic rings. The fraction of sp³-hybridized carbons (Fsp3) is 0.133. The molecular formula is C15H11N3O4. The van der Waals surface area contributed by atoms with Crippen LogP contribution >= 0.6 is 0 Å². The lowest BCUT2D eigenvalue weighted by Gasteiger charge is -2.06. The standard InChI is InChI=1S/C15H11N3O4/c19-14(20)7-18-11-6-13-12(21-8-22-13)5-10(11)17-15(18)9-1-3-16-4-2-9/h1-6H,7-8H2,(H,19,20). The largest absolute Gasteiger partial charge is 0.480 e. The van der Waals surface area contributed by atoms with Crippen molar-refractivity contribution in [2.45, 2.75) is 6.54 Å². The molecule has 0 saturated carbocycles. The minimum atomic E-state index is -0.938. The summed E-state index contributed by atoms with van der Waals surface area (Å²) in [5, 5.41) is 9.19. The highest BCUT2D eigenvalue weighted by atomic mass is 16.7. The zero-order valence-corrected chi connectivity index (χ0v) is 11.4. The van der Waals surface area contributed by atoms with Gasteiger partial charge in [0.15, 0.2) is 11.5 Å². The number of imidazole rings is 1. The van der Waals surface area contributed by atoms with E-state index < -0.39 is 5.97 Å². The summed E-state index contributed by atoms with van der Waals surface area (Å²) in [5.74, 6) is 0.852. The molecule has 7 heteroatoms. The van der Waals surface area contributed by atoms with Crippen LogP contribution in [0.25, 0.3) is 22.4 Å². The Hall–Kier alpha value is -3.09. The van der Waals surface area contributed by atoms with E-state index in [1.807, 2.05) is 0 Å². The summed E-state index contributed by atoms with van der Waals surface area (Å²) in [4.78, 5) is 19.7. The molecule has 4 rings (SSSR count). The Labute approximate surface area is 124 Å². The van der Waals surface area contributed by atoms with E-state index in [2.05, 4.69) is 9.97 Å². The third-order valence-electron chi connectivity index (χ3n) is 3.47. The van der Waals surface area contributed by atoms with Gasteiger partial charge in [-0.1, -0.05) is 0 Å². The van der Waals surface area contributed by atoms with Gasteiger partial charge in [0.05, 0.1) is 11.0 Å². The molecule has 0 spiro atoms. The van der Waals surface area contributed by atoms with Gasteiger partial charge in [-0.2, -0.15) is 0 Å². The van der Waals surface area contributed by atoms with Gasteiger partial charge in [0.1, 0.15) is 12.4 Å². The van der Waals surface area contributed by atoms with E-state index in [9.17, 15) is 9.90 Å². The average molecular weight is 297 g/mol. The quantitative estimate of drug-likeness (QED) is 0.794. The summed E-state index contributed by atoms with van der Waals surface area (Å²) in [6, 6.07) is 7.11. The Morgan fingerprint density at radius 2 is 1.95 bits per heavy atom. The molecule has 0 aliphatic carbocycles. The van der Waals surface area contributed by atoms with Crippen molar-refractivity contribution < 1.29 is 19.4 Å². The van der Waals surface area contributed by atoms with Crippen molar-refractivity contribution in [3.63, 3.8) is 0 Å². The van der Waals surface area contributed by atoms with E-state index in [4.69, 9.17) is 9.47 Å². The van der Waals surface area contributed by atoms with Crippen LogP contribution in [0.5, 0.6) is 11.5 Å². The first-order chi connectivity index (χ1) is 10.7. The normalized spacial score (nSPS) is 12.7. The number of benzene rings is 1. The molecule has 22 heavy (non-hydrogen) atoms. The molecule has 3 heterocycles. The van der Waals surface area contributed by atoms with E-state index >= 15 is 0 Å². The molecule has 1 aliphatic rings. The molecule has 0 radical (unpaired) electrons. The summed E-state index contributed by atoms with van der Waals surface area (Å²) in [5.41, 5.74) is 2.16. The van der Waals surface area contributed by atoms with Crippen LogP contribution in [0.2, 0.25) is 0 Å². The number of nitrogens with zero attached hydrogens (tertiary/aromatic N) is 3. The van der Waals surface area contributed by atoms with Crippen LogP contribution in [0.1, 0.15) is 0 Å². The summed E-state index contributed by atoms with van der Waals surface area (Å²) in [6.07, 6.45) is 3.29. The van der Waals surface area contributed by atoms with Crippen molar-refractivity contribution in [1.29, 1.82) is 0 Å². The molecule has 0 fully saturated rings. The maximum atomic E-state index is 11.2. The van der Waals surface area contributed by atoms with Gasteiger partial charge in [-0.05, 0) is 12.1 Å². The van der Waals surface area contributed by atoms with Gasteiger partial charge in [-0.25, -0.2) is 4.98 Å². The van der Waals surface area contributed by atoms with Crippen LogP contribution in [-0.2, 0) is 11.3 Å². The van der Waals surface area contributed by atoms with Crippen LogP contribution in [-0.4, -0.2) is 32.4 Å². The number of fused-ring (bicyclic) bond motifs is 2. The summed E-state index contributed by atoms with van der Waals surface area (Å²) in [7, 11) is 0. The lowest BCUT2D eigenvalue weighted by atomic mass is 10.2. The molecule has 1 aromatic carbocycles. The predicted octanol–water partition coefficient (Wildman–Crippen LogP) is 1.91. The number of carbonyl (C=O) groups is 1. The smallest absolute Gasteiger partial charge is 0.323 e. The number of carboxylic acid groups (broad SMARTS) is 1. The monoisotopic (exact) mass is 297 g/mol. The van der Waals surface area contributed by atoms with Crippen LogP contribution < -0.4 is 9.47 Å². The average Bonchev–Trinajstić information content (AvgIpc) is 3.10. The highest BCUT2D eigenvalue weighted by Crippen LogP contribution is 2.37. The molecular weight excluding hydrogens is 286 g/mol. The van der Waals surface area contributed by atoms with E-state index in [1.54, 1.807) is 41.2 Å². The topological polar surface area (TPSA) is 86.5 Å². The fourth-order valence-corrected chi connectivity index (χ4v) is 2.53. The highest BCUT2D eigenvalue weighted by molar-refractivity contribution is 5.86. The third kappa shape index (κ3) is 1.95. The van der Waals surface area contributed by atoms with Crippen molar-refractivity contribution in [3.05, 3.63) is 36.7 Å². The van der Waals surface area contributed by atoms with Crippen molar-refractivity contribution in [2.75, 3.05) is 6.79 Å². The van der Waals surface area contributed by atoms with Crippen molar-refractivity contribution >= 4 is 17.0 Å². The second-order valence-corrected chi connectivity index (χ2v) is 4.85. The number of hydrogen-bond acceptors (Lipinski definition) is 5. The van der Waals surface area contributed by atoms with E-state index in [0.29, 0.717) is 28.4 Å². The Balaban J connectivity index is 1.97. The number of hydrogen-bond donors (Lipinski definition) is 1. The maximum absolute atomic E-state index is 11.2. The van der Waals surface area contributed by atoms with Gasteiger partial charge >= 0.3 is 5.97 Å². The van der Waals surface area contributed by atoms with Crippen LogP contribution in [0.3, 0.4) is 0 Å². The zero-order valence-electron chi connectivity index (χ0n) is 11.4. The van der Waals surface area contributed by atoms with E-state index in [-0.39, 0.29) is 13.3 Å². The number of carboxylic acids is 1. The molecule has 1 N–H and O–H groups in total. The minimum Gasteiger partial charge on any atom is -0.480 e. The number of ether oxygens (including phenoxy) is 2.